The van der Waals surface area contributed by atoms with E-state index >= 15 is 0 Å². The highest BCUT2D eigenvalue weighted by Gasteiger charge is 2.32. The molecule has 0 spiro atoms. The summed E-state index contributed by atoms with van der Waals surface area (Å²) >= 11 is 0. The molecule has 3 nitrogen and oxygen atoms in total. The lowest BCUT2D eigenvalue weighted by Gasteiger charge is -2.26. The molecule has 3 heteroatoms. The molecule has 1 aliphatic carbocycles. The van der Waals surface area contributed by atoms with Gasteiger partial charge in [0, 0.05) is 20.0 Å². The predicted octanol–water partition coefficient (Wildman–Crippen LogP) is 2.38. The number of ketones is 2. The Labute approximate surface area is 97.5 Å². The Morgan fingerprint density at radius 3 is 2.88 bits per heavy atom. The fourth-order valence-corrected chi connectivity index (χ4v) is 2.46. The number of hydrogen-bond acceptors (Lipinski definition) is 3. The Bertz CT molecular complexity index is 248. The van der Waals surface area contributed by atoms with E-state index in [0.717, 1.165) is 25.7 Å². The molecule has 0 aromatic heterocycles. The van der Waals surface area contributed by atoms with Crippen LogP contribution in [0.2, 0.25) is 0 Å². The van der Waals surface area contributed by atoms with Crippen molar-refractivity contribution in [2.45, 2.75) is 45.4 Å². The summed E-state index contributed by atoms with van der Waals surface area (Å²) in [5.74, 6) is 0.459. The van der Waals surface area contributed by atoms with Gasteiger partial charge in [-0.2, -0.15) is 0 Å². The van der Waals surface area contributed by atoms with Crippen molar-refractivity contribution in [3.63, 3.8) is 0 Å². The van der Waals surface area contributed by atoms with Gasteiger partial charge in [0.25, 0.3) is 0 Å². The zero-order valence-corrected chi connectivity index (χ0v) is 10.3. The van der Waals surface area contributed by atoms with Crippen LogP contribution in [0.25, 0.3) is 0 Å². The van der Waals surface area contributed by atoms with E-state index in [1.807, 2.05) is 0 Å². The molecule has 0 aromatic carbocycles. The van der Waals surface area contributed by atoms with Crippen molar-refractivity contribution >= 4 is 11.6 Å². The molecule has 0 saturated heterocycles. The molecule has 1 rings (SSSR count). The molecule has 2 unspecified atom stereocenters. The normalized spacial score (nSPS) is 25.8. The number of methoxy groups -OCH3 is 1. The van der Waals surface area contributed by atoms with Gasteiger partial charge >= 0.3 is 0 Å². The van der Waals surface area contributed by atoms with Gasteiger partial charge in [-0.3, -0.25) is 9.59 Å². The highest BCUT2D eigenvalue weighted by Crippen LogP contribution is 2.30. The summed E-state index contributed by atoms with van der Waals surface area (Å²) in [4.78, 5) is 23.5. The smallest absolute Gasteiger partial charge is 0.145 e. The van der Waals surface area contributed by atoms with E-state index in [0.29, 0.717) is 25.4 Å². The first-order chi connectivity index (χ1) is 7.69. The Morgan fingerprint density at radius 2 is 2.25 bits per heavy atom. The molecule has 0 aliphatic heterocycles. The zero-order chi connectivity index (χ0) is 12.0. The molecule has 1 aliphatic rings. The van der Waals surface area contributed by atoms with Crippen LogP contribution in [-0.2, 0) is 14.3 Å². The van der Waals surface area contributed by atoms with Gasteiger partial charge in [-0.1, -0.05) is 19.8 Å². The van der Waals surface area contributed by atoms with Crippen molar-refractivity contribution in [1.82, 2.24) is 0 Å². The minimum atomic E-state index is -0.333. The van der Waals surface area contributed by atoms with Crippen LogP contribution in [0.15, 0.2) is 0 Å². The molecule has 92 valence electrons. The SMILES string of the molecule is CCCC1CCC(=O)C(C(=O)CCOC)C1. The number of carbonyl (C=O) groups excluding carboxylic acids is 2. The summed E-state index contributed by atoms with van der Waals surface area (Å²) in [6.45, 7) is 2.58. The summed E-state index contributed by atoms with van der Waals surface area (Å²) in [6, 6.07) is 0. The second-order valence-electron chi connectivity index (χ2n) is 4.66. The standard InChI is InChI=1S/C13H22O3/c1-3-4-10-5-6-12(14)11(9-10)13(15)7-8-16-2/h10-11H,3-9H2,1-2H3. The van der Waals surface area contributed by atoms with Crippen LogP contribution in [0.4, 0.5) is 0 Å². The summed E-state index contributed by atoms with van der Waals surface area (Å²) < 4.78 is 4.88. The summed E-state index contributed by atoms with van der Waals surface area (Å²) in [5.41, 5.74) is 0. The second-order valence-corrected chi connectivity index (χ2v) is 4.66. The number of Topliss-reactive ketones (excluding diaryl/α,β-unsaturated/α-hetero) is 2. The average Bonchev–Trinajstić information content (AvgIpc) is 2.29. The minimum Gasteiger partial charge on any atom is -0.384 e. The maximum absolute atomic E-state index is 11.8. The van der Waals surface area contributed by atoms with E-state index in [2.05, 4.69) is 6.92 Å². The van der Waals surface area contributed by atoms with Crippen LogP contribution >= 0.6 is 0 Å². The quantitative estimate of drug-likeness (QED) is 0.653. The molecule has 1 fully saturated rings. The third kappa shape index (κ3) is 3.71. The van der Waals surface area contributed by atoms with E-state index in [4.69, 9.17) is 4.74 Å². The van der Waals surface area contributed by atoms with Crippen LogP contribution in [0.1, 0.15) is 45.4 Å². The van der Waals surface area contributed by atoms with Crippen LogP contribution in [-0.4, -0.2) is 25.3 Å². The predicted molar refractivity (Wildman–Crippen MR) is 62.2 cm³/mol. The van der Waals surface area contributed by atoms with Crippen molar-refractivity contribution in [3.8, 4) is 0 Å². The molecule has 0 N–H and O–H groups in total. The van der Waals surface area contributed by atoms with E-state index in [1.165, 1.54) is 0 Å². The Morgan fingerprint density at radius 1 is 1.50 bits per heavy atom. The van der Waals surface area contributed by atoms with Crippen molar-refractivity contribution in [3.05, 3.63) is 0 Å². The first-order valence-corrected chi connectivity index (χ1v) is 6.23. The van der Waals surface area contributed by atoms with E-state index in [1.54, 1.807) is 7.11 Å². The van der Waals surface area contributed by atoms with Gasteiger partial charge in [-0.25, -0.2) is 0 Å². The molecule has 0 amide bonds. The monoisotopic (exact) mass is 226 g/mol. The first-order valence-electron chi connectivity index (χ1n) is 6.23. The van der Waals surface area contributed by atoms with Gasteiger partial charge in [-0.15, -0.1) is 0 Å². The number of rotatable bonds is 6. The van der Waals surface area contributed by atoms with Crippen molar-refractivity contribution < 1.29 is 14.3 Å². The third-order valence-electron chi connectivity index (χ3n) is 3.39. The highest BCUT2D eigenvalue weighted by molar-refractivity contribution is 6.02. The minimum absolute atomic E-state index is 0.0765. The van der Waals surface area contributed by atoms with Gasteiger partial charge in [0.15, 0.2) is 0 Å². The van der Waals surface area contributed by atoms with Gasteiger partial charge in [-0.05, 0) is 18.8 Å². The highest BCUT2D eigenvalue weighted by atomic mass is 16.5. The Kier molecular flexibility index (Phi) is 5.67. The Hall–Kier alpha value is -0.700. The van der Waals surface area contributed by atoms with Crippen LogP contribution in [0.5, 0.6) is 0 Å². The van der Waals surface area contributed by atoms with Crippen molar-refractivity contribution in [2.75, 3.05) is 13.7 Å². The van der Waals surface area contributed by atoms with Gasteiger partial charge in [0.2, 0.25) is 0 Å². The Balaban J connectivity index is 2.48. The molecule has 0 radical (unpaired) electrons. The van der Waals surface area contributed by atoms with Crippen molar-refractivity contribution in [2.24, 2.45) is 11.8 Å². The molecule has 0 aromatic rings. The maximum Gasteiger partial charge on any atom is 0.145 e. The first kappa shape index (κ1) is 13.4. The van der Waals surface area contributed by atoms with Crippen LogP contribution < -0.4 is 0 Å². The molecule has 0 bridgehead atoms. The number of ether oxygens (including phenoxy) is 1. The fraction of sp³-hybridized carbons (Fsp3) is 0.846. The topological polar surface area (TPSA) is 43.4 Å². The van der Waals surface area contributed by atoms with Crippen LogP contribution in [0.3, 0.4) is 0 Å². The lowest BCUT2D eigenvalue weighted by Crippen LogP contribution is -2.31. The van der Waals surface area contributed by atoms with Gasteiger partial charge in [0.05, 0.1) is 12.5 Å². The fourth-order valence-electron chi connectivity index (χ4n) is 2.46. The van der Waals surface area contributed by atoms with Crippen LogP contribution in [0, 0.1) is 11.8 Å². The molecular weight excluding hydrogens is 204 g/mol. The van der Waals surface area contributed by atoms with E-state index in [-0.39, 0.29) is 17.5 Å². The van der Waals surface area contributed by atoms with Crippen molar-refractivity contribution in [1.29, 1.82) is 0 Å². The van der Waals surface area contributed by atoms with E-state index in [9.17, 15) is 9.59 Å². The largest absolute Gasteiger partial charge is 0.384 e. The van der Waals surface area contributed by atoms with Gasteiger partial charge in [0.1, 0.15) is 11.6 Å². The summed E-state index contributed by atoms with van der Waals surface area (Å²) in [7, 11) is 1.58. The molecule has 2 atom stereocenters. The lowest BCUT2D eigenvalue weighted by atomic mass is 9.76. The summed E-state index contributed by atoms with van der Waals surface area (Å²) in [5, 5.41) is 0. The maximum atomic E-state index is 11.8. The lowest BCUT2D eigenvalue weighted by molar-refractivity contribution is -0.135. The molecule has 1 saturated carbocycles. The molecule has 0 heterocycles. The summed E-state index contributed by atoms with van der Waals surface area (Å²) in [6.07, 6.45) is 4.99. The third-order valence-corrected chi connectivity index (χ3v) is 3.39. The average molecular weight is 226 g/mol. The van der Waals surface area contributed by atoms with E-state index < -0.39 is 0 Å². The number of hydrogen-bond donors (Lipinski definition) is 0. The zero-order valence-electron chi connectivity index (χ0n) is 10.3. The van der Waals surface area contributed by atoms with Gasteiger partial charge < -0.3 is 4.74 Å². The number of carbonyl (C=O) groups is 2. The second kappa shape index (κ2) is 6.79. The molecular formula is C13H22O3. The molecule has 16 heavy (non-hydrogen) atoms.